The van der Waals surface area contributed by atoms with Gasteiger partial charge in [0.25, 0.3) is 0 Å². The zero-order valence-corrected chi connectivity index (χ0v) is 13.9. The summed E-state index contributed by atoms with van der Waals surface area (Å²) < 4.78 is 17.6. The van der Waals surface area contributed by atoms with Crippen LogP contribution in [0, 0.1) is 5.92 Å². The molecule has 3 nitrogen and oxygen atoms in total. The maximum atomic E-state index is 6.04. The third kappa shape index (κ3) is 2.89. The van der Waals surface area contributed by atoms with E-state index < -0.39 is 5.79 Å². The summed E-state index contributed by atoms with van der Waals surface area (Å²) in [6.07, 6.45) is 2.20. The molecule has 17 heavy (non-hydrogen) atoms. The molecule has 4 atom stereocenters. The van der Waals surface area contributed by atoms with Gasteiger partial charge in [0.05, 0.1) is 15.4 Å². The monoisotopic (exact) mass is 370 g/mol. The molecule has 0 amide bonds. The Morgan fingerprint density at radius 2 is 1.94 bits per heavy atom. The van der Waals surface area contributed by atoms with Crippen LogP contribution in [0.5, 0.6) is 0 Å². The Balaban J connectivity index is 2.12. The van der Waals surface area contributed by atoms with E-state index in [-0.39, 0.29) is 21.5 Å². The summed E-state index contributed by atoms with van der Waals surface area (Å²) in [4.78, 5) is 0. The summed E-state index contributed by atoms with van der Waals surface area (Å²) >= 11 is 7.32. The summed E-state index contributed by atoms with van der Waals surface area (Å²) in [7, 11) is 1.74. The van der Waals surface area contributed by atoms with Crippen LogP contribution in [0.25, 0.3) is 0 Å². The maximum absolute atomic E-state index is 6.04. The van der Waals surface area contributed by atoms with Crippen molar-refractivity contribution in [2.24, 2.45) is 5.92 Å². The van der Waals surface area contributed by atoms with Gasteiger partial charge >= 0.3 is 0 Å². The summed E-state index contributed by atoms with van der Waals surface area (Å²) in [5.74, 6) is -0.0709. The smallest absolute Gasteiger partial charge is 0.163 e. The van der Waals surface area contributed by atoms with E-state index in [0.717, 1.165) is 12.8 Å². The second-order valence-electron chi connectivity index (χ2n) is 5.32. The zero-order chi connectivity index (χ0) is 12.8. The van der Waals surface area contributed by atoms with E-state index in [0.29, 0.717) is 5.92 Å². The van der Waals surface area contributed by atoms with Gasteiger partial charge in [-0.05, 0) is 26.7 Å². The number of alkyl halides is 2. The average Bonchev–Trinajstić information content (AvgIpc) is 2.72. The molecular formula is C12H20Br2O3. The van der Waals surface area contributed by atoms with E-state index >= 15 is 0 Å². The van der Waals surface area contributed by atoms with E-state index in [1.807, 2.05) is 13.8 Å². The number of hydrogen-bond acceptors (Lipinski definition) is 3. The van der Waals surface area contributed by atoms with E-state index in [1.54, 1.807) is 7.11 Å². The zero-order valence-electron chi connectivity index (χ0n) is 10.7. The van der Waals surface area contributed by atoms with E-state index in [9.17, 15) is 0 Å². The van der Waals surface area contributed by atoms with Crippen LogP contribution in [0.3, 0.4) is 0 Å². The van der Waals surface area contributed by atoms with Crippen molar-refractivity contribution in [2.75, 3.05) is 7.11 Å². The van der Waals surface area contributed by atoms with Gasteiger partial charge in [-0.2, -0.15) is 0 Å². The summed E-state index contributed by atoms with van der Waals surface area (Å²) in [6, 6.07) is 0. The summed E-state index contributed by atoms with van der Waals surface area (Å²) in [5, 5.41) is 0. The fourth-order valence-corrected chi connectivity index (χ4v) is 3.76. The molecule has 5 heteroatoms. The second-order valence-corrected chi connectivity index (χ2v) is 9.21. The van der Waals surface area contributed by atoms with Crippen molar-refractivity contribution >= 4 is 31.9 Å². The van der Waals surface area contributed by atoms with Crippen molar-refractivity contribution in [3.8, 4) is 0 Å². The minimum absolute atomic E-state index is 0.0157. The van der Waals surface area contributed by atoms with Crippen molar-refractivity contribution in [3.05, 3.63) is 0 Å². The molecule has 0 aromatic rings. The molecule has 0 radical (unpaired) electrons. The maximum Gasteiger partial charge on any atom is 0.163 e. The molecule has 3 unspecified atom stereocenters. The van der Waals surface area contributed by atoms with Crippen LogP contribution < -0.4 is 0 Å². The molecule has 0 bridgehead atoms. The largest absolute Gasteiger partial charge is 0.379 e. The lowest BCUT2D eigenvalue weighted by atomic mass is 10.0. The molecule has 1 heterocycles. The van der Waals surface area contributed by atoms with Gasteiger partial charge in [0, 0.05) is 13.0 Å². The molecule has 0 aromatic heterocycles. The molecule has 1 saturated carbocycles. The Labute approximate surface area is 120 Å². The van der Waals surface area contributed by atoms with Crippen LogP contribution in [-0.4, -0.2) is 34.4 Å². The lowest BCUT2D eigenvalue weighted by molar-refractivity contribution is -0.158. The molecule has 1 aliphatic heterocycles. The topological polar surface area (TPSA) is 27.7 Å². The highest BCUT2D eigenvalue weighted by atomic mass is 79.9. The average molecular weight is 372 g/mol. The van der Waals surface area contributed by atoms with Crippen molar-refractivity contribution < 1.29 is 14.2 Å². The number of halogens is 2. The quantitative estimate of drug-likeness (QED) is 0.708. The number of ether oxygens (including phenoxy) is 3. The fraction of sp³-hybridized carbons (Fsp3) is 1.00. The lowest BCUT2D eigenvalue weighted by Gasteiger charge is -2.24. The molecular weight excluding hydrogens is 352 g/mol. The van der Waals surface area contributed by atoms with Crippen LogP contribution in [0.2, 0.25) is 0 Å². The van der Waals surface area contributed by atoms with Crippen molar-refractivity contribution in [3.63, 3.8) is 0 Å². The van der Waals surface area contributed by atoms with E-state index in [4.69, 9.17) is 14.2 Å². The van der Waals surface area contributed by atoms with E-state index in [1.165, 1.54) is 0 Å². The van der Waals surface area contributed by atoms with Crippen molar-refractivity contribution in [1.29, 1.82) is 0 Å². The highest BCUT2D eigenvalue weighted by molar-refractivity contribution is 9.25. The highest BCUT2D eigenvalue weighted by Crippen LogP contribution is 2.61. The Hall–Kier alpha value is 0.840. The second kappa shape index (κ2) is 4.75. The fourth-order valence-electron chi connectivity index (χ4n) is 2.54. The number of methoxy groups -OCH3 is 1. The van der Waals surface area contributed by atoms with Gasteiger partial charge in [-0.3, -0.25) is 0 Å². The van der Waals surface area contributed by atoms with Crippen molar-refractivity contribution in [2.45, 2.75) is 60.9 Å². The van der Waals surface area contributed by atoms with Crippen LogP contribution in [0.15, 0.2) is 0 Å². The molecule has 100 valence electrons. The van der Waals surface area contributed by atoms with Gasteiger partial charge in [-0.25, -0.2) is 0 Å². The molecule has 0 spiro atoms. The van der Waals surface area contributed by atoms with Crippen LogP contribution in [-0.2, 0) is 14.2 Å². The Kier molecular flexibility index (Phi) is 3.98. The van der Waals surface area contributed by atoms with Crippen LogP contribution in [0.1, 0.15) is 33.6 Å². The first-order valence-electron chi connectivity index (χ1n) is 6.07. The van der Waals surface area contributed by atoms with Crippen LogP contribution in [0.4, 0.5) is 0 Å². The van der Waals surface area contributed by atoms with E-state index in [2.05, 4.69) is 38.8 Å². The molecule has 0 aromatic carbocycles. The van der Waals surface area contributed by atoms with Gasteiger partial charge in [-0.1, -0.05) is 38.8 Å². The standard InChI is InChI=1S/C12H20Br2O3/c1-5-8(15-4)10-9(7-6-12(7,13)14)16-11(2,3)17-10/h7-10H,5-6H2,1-4H3/t7?,8-,9?,10?/m1/s1. The number of rotatable bonds is 4. The molecule has 1 aliphatic carbocycles. The third-order valence-electron chi connectivity index (χ3n) is 3.51. The SMILES string of the molecule is CC[C@@H](OC)C1OC(C)(C)OC1C1CC1(Br)Br. The molecule has 2 aliphatic rings. The van der Waals surface area contributed by atoms with Gasteiger partial charge in [-0.15, -0.1) is 0 Å². The normalized spacial score (nSPS) is 40.2. The summed E-state index contributed by atoms with van der Waals surface area (Å²) in [6.45, 7) is 6.05. The van der Waals surface area contributed by atoms with Gasteiger partial charge in [0.15, 0.2) is 5.79 Å². The van der Waals surface area contributed by atoms with Crippen LogP contribution >= 0.6 is 31.9 Å². The molecule has 0 N–H and O–H groups in total. The highest BCUT2D eigenvalue weighted by Gasteiger charge is 2.61. The Bertz CT molecular complexity index is 277. The van der Waals surface area contributed by atoms with Gasteiger partial charge < -0.3 is 14.2 Å². The first-order valence-corrected chi connectivity index (χ1v) is 7.65. The predicted octanol–water partition coefficient (Wildman–Crippen LogP) is 3.44. The van der Waals surface area contributed by atoms with Gasteiger partial charge in [0.1, 0.15) is 6.10 Å². The Morgan fingerprint density at radius 3 is 2.35 bits per heavy atom. The van der Waals surface area contributed by atoms with Crippen molar-refractivity contribution in [1.82, 2.24) is 0 Å². The molecule has 2 fully saturated rings. The molecule has 1 saturated heterocycles. The lowest BCUT2D eigenvalue weighted by Crippen LogP contribution is -2.38. The molecule has 2 rings (SSSR count). The number of hydrogen-bond donors (Lipinski definition) is 0. The minimum Gasteiger partial charge on any atom is -0.379 e. The first kappa shape index (κ1) is 14.3. The predicted molar refractivity (Wildman–Crippen MR) is 73.6 cm³/mol. The Morgan fingerprint density at radius 1 is 1.35 bits per heavy atom. The summed E-state index contributed by atoms with van der Waals surface area (Å²) in [5.41, 5.74) is 0. The van der Waals surface area contributed by atoms with Gasteiger partial charge in [0.2, 0.25) is 0 Å². The minimum atomic E-state index is -0.514. The first-order chi connectivity index (χ1) is 7.80. The third-order valence-corrected chi connectivity index (χ3v) is 5.33.